The molecule has 0 aliphatic rings. The molecule has 0 aliphatic heterocycles. The Balaban J connectivity index is 1.61. The van der Waals surface area contributed by atoms with Crippen molar-refractivity contribution in [3.05, 3.63) is 174 Å². The van der Waals surface area contributed by atoms with Crippen LogP contribution in [0.2, 0.25) is 0 Å². The Morgan fingerprint density at radius 2 is 0.725 bits per heavy atom. The highest BCUT2D eigenvalue weighted by Crippen LogP contribution is 2.45. The number of nitrogens with zero attached hydrogens (tertiary/aromatic N) is 5. The standard InChI is InChI=1S/C46H25N5/c47-26-32-15-7-16-33(27-48)43(32)41-21-9-19-39-40-20-10-22-42(44-34(28-49)17-8-18-35(44)29-50)46(40)51(45(39)41)38-24-36(30-11-3-1-4-12-30)23-37(25-38)31-13-5-2-6-14-31/h1-25H. The van der Waals surface area contributed by atoms with Gasteiger partial charge in [0.25, 0.3) is 0 Å². The van der Waals surface area contributed by atoms with E-state index in [9.17, 15) is 21.0 Å². The van der Waals surface area contributed by atoms with Gasteiger partial charge >= 0.3 is 0 Å². The van der Waals surface area contributed by atoms with Gasteiger partial charge in [0, 0.05) is 38.7 Å². The van der Waals surface area contributed by atoms with E-state index in [1.807, 2.05) is 72.8 Å². The van der Waals surface area contributed by atoms with Crippen molar-refractivity contribution in [2.75, 3.05) is 0 Å². The van der Waals surface area contributed by atoms with Crippen molar-refractivity contribution in [3.63, 3.8) is 0 Å². The van der Waals surface area contributed by atoms with Gasteiger partial charge in [-0.05, 0) is 64.7 Å². The molecule has 5 nitrogen and oxygen atoms in total. The summed E-state index contributed by atoms with van der Waals surface area (Å²) in [4.78, 5) is 0. The van der Waals surface area contributed by atoms with E-state index in [2.05, 4.69) is 71.3 Å². The lowest BCUT2D eigenvalue weighted by Crippen LogP contribution is -2.01. The van der Waals surface area contributed by atoms with Crippen LogP contribution in [0.15, 0.2) is 152 Å². The second kappa shape index (κ2) is 12.7. The molecular formula is C46H25N5. The van der Waals surface area contributed by atoms with E-state index in [0.29, 0.717) is 33.4 Å². The van der Waals surface area contributed by atoms with Crippen LogP contribution >= 0.6 is 0 Å². The molecule has 7 aromatic carbocycles. The maximum atomic E-state index is 10.3. The zero-order chi connectivity index (χ0) is 34.9. The normalized spacial score (nSPS) is 10.7. The Labute approximate surface area is 295 Å². The molecule has 0 radical (unpaired) electrons. The van der Waals surface area contributed by atoms with Gasteiger partial charge in [0.1, 0.15) is 0 Å². The fourth-order valence-electron chi connectivity index (χ4n) is 7.17. The number of hydrogen-bond acceptors (Lipinski definition) is 4. The van der Waals surface area contributed by atoms with Crippen LogP contribution < -0.4 is 0 Å². The Kier molecular flexibility index (Phi) is 7.64. The minimum atomic E-state index is 0.392. The molecule has 0 bridgehead atoms. The number of hydrogen-bond donors (Lipinski definition) is 0. The van der Waals surface area contributed by atoms with Gasteiger partial charge in [-0.25, -0.2) is 0 Å². The number of benzene rings is 7. The van der Waals surface area contributed by atoms with E-state index < -0.39 is 0 Å². The van der Waals surface area contributed by atoms with Crippen molar-refractivity contribution in [3.8, 4) is 74.5 Å². The summed E-state index contributed by atoms with van der Waals surface area (Å²) in [6.45, 7) is 0. The third-order valence-corrected chi connectivity index (χ3v) is 9.35. The lowest BCUT2D eigenvalue weighted by atomic mass is 9.93. The predicted molar refractivity (Wildman–Crippen MR) is 201 cm³/mol. The number of fused-ring (bicyclic) bond motifs is 3. The average Bonchev–Trinajstić information content (AvgIpc) is 3.55. The first-order valence-electron chi connectivity index (χ1n) is 16.3. The van der Waals surface area contributed by atoms with Gasteiger partial charge in [-0.2, -0.15) is 21.0 Å². The number of aromatic nitrogens is 1. The van der Waals surface area contributed by atoms with Crippen LogP contribution in [-0.2, 0) is 0 Å². The van der Waals surface area contributed by atoms with Crippen molar-refractivity contribution in [1.29, 1.82) is 21.0 Å². The Morgan fingerprint density at radius 1 is 0.353 bits per heavy atom. The average molecular weight is 648 g/mol. The fraction of sp³-hybridized carbons (Fsp3) is 0. The molecule has 8 aromatic rings. The third-order valence-electron chi connectivity index (χ3n) is 9.35. The molecule has 0 saturated heterocycles. The smallest absolute Gasteiger partial charge is 0.0998 e. The highest BCUT2D eigenvalue weighted by Gasteiger charge is 2.24. The summed E-state index contributed by atoms with van der Waals surface area (Å²) >= 11 is 0. The van der Waals surface area contributed by atoms with Gasteiger partial charge < -0.3 is 4.57 Å². The first-order chi connectivity index (χ1) is 25.1. The molecule has 234 valence electrons. The number of rotatable bonds is 5. The van der Waals surface area contributed by atoms with Crippen LogP contribution in [0.3, 0.4) is 0 Å². The zero-order valence-electron chi connectivity index (χ0n) is 27.2. The van der Waals surface area contributed by atoms with E-state index in [4.69, 9.17) is 0 Å². The molecule has 0 amide bonds. The van der Waals surface area contributed by atoms with Crippen LogP contribution in [0.4, 0.5) is 0 Å². The van der Waals surface area contributed by atoms with Crippen LogP contribution in [0, 0.1) is 45.3 Å². The highest BCUT2D eigenvalue weighted by molar-refractivity contribution is 6.18. The fourth-order valence-corrected chi connectivity index (χ4v) is 7.17. The molecule has 5 heteroatoms. The monoisotopic (exact) mass is 647 g/mol. The van der Waals surface area contributed by atoms with Gasteiger partial charge in [0.15, 0.2) is 0 Å². The van der Waals surface area contributed by atoms with E-state index in [1.165, 1.54) is 0 Å². The highest BCUT2D eigenvalue weighted by atomic mass is 15.0. The van der Waals surface area contributed by atoms with Crippen molar-refractivity contribution in [2.24, 2.45) is 0 Å². The molecule has 1 heterocycles. The van der Waals surface area contributed by atoms with Crippen molar-refractivity contribution in [2.45, 2.75) is 0 Å². The molecule has 0 fully saturated rings. The SMILES string of the molecule is N#Cc1cccc(C#N)c1-c1cccc2c3cccc(-c4c(C#N)cccc4C#N)c3n(-c3cc(-c4ccccc4)cc(-c4ccccc4)c3)c12. The van der Waals surface area contributed by atoms with Crippen molar-refractivity contribution < 1.29 is 0 Å². The summed E-state index contributed by atoms with van der Waals surface area (Å²) in [5.41, 5.74) is 10.7. The third kappa shape index (κ3) is 5.08. The molecule has 0 atom stereocenters. The molecular weight excluding hydrogens is 623 g/mol. The first-order valence-corrected chi connectivity index (χ1v) is 16.3. The summed E-state index contributed by atoms with van der Waals surface area (Å²) < 4.78 is 2.18. The Morgan fingerprint density at radius 3 is 1.10 bits per heavy atom. The molecule has 0 spiro atoms. The lowest BCUT2D eigenvalue weighted by molar-refractivity contribution is 1.18. The van der Waals surface area contributed by atoms with E-state index in [-0.39, 0.29) is 0 Å². The van der Waals surface area contributed by atoms with Crippen LogP contribution in [-0.4, -0.2) is 4.57 Å². The predicted octanol–water partition coefficient (Wildman–Crippen LogP) is 10.9. The first kappa shape index (κ1) is 30.6. The molecule has 0 aliphatic carbocycles. The number of nitriles is 4. The largest absolute Gasteiger partial charge is 0.308 e. The summed E-state index contributed by atoms with van der Waals surface area (Å²) in [5, 5.41) is 43.0. The zero-order valence-corrected chi connectivity index (χ0v) is 27.2. The van der Waals surface area contributed by atoms with Gasteiger partial charge in [-0.1, -0.05) is 109 Å². The summed E-state index contributed by atoms with van der Waals surface area (Å²) in [7, 11) is 0. The van der Waals surface area contributed by atoms with E-state index in [0.717, 1.165) is 60.9 Å². The molecule has 51 heavy (non-hydrogen) atoms. The second-order valence-electron chi connectivity index (χ2n) is 12.1. The minimum absolute atomic E-state index is 0.392. The topological polar surface area (TPSA) is 100 Å². The maximum Gasteiger partial charge on any atom is 0.0998 e. The van der Waals surface area contributed by atoms with Gasteiger partial charge in [0.05, 0.1) is 57.6 Å². The Bertz CT molecular complexity index is 2580. The molecule has 8 rings (SSSR count). The Hall–Kier alpha value is -7.70. The summed E-state index contributed by atoms with van der Waals surface area (Å²) in [6.07, 6.45) is 0. The molecule has 1 aromatic heterocycles. The summed E-state index contributed by atoms with van der Waals surface area (Å²) in [6, 6.07) is 58.5. The number of para-hydroxylation sites is 2. The minimum Gasteiger partial charge on any atom is -0.308 e. The summed E-state index contributed by atoms with van der Waals surface area (Å²) in [5.74, 6) is 0. The van der Waals surface area contributed by atoms with E-state index >= 15 is 0 Å². The van der Waals surface area contributed by atoms with Crippen molar-refractivity contribution in [1.82, 2.24) is 4.57 Å². The van der Waals surface area contributed by atoms with Crippen molar-refractivity contribution >= 4 is 21.8 Å². The van der Waals surface area contributed by atoms with Crippen LogP contribution in [0.1, 0.15) is 22.3 Å². The van der Waals surface area contributed by atoms with Crippen LogP contribution in [0.25, 0.3) is 72.0 Å². The molecule has 0 unspecified atom stereocenters. The molecule has 0 saturated carbocycles. The lowest BCUT2D eigenvalue weighted by Gasteiger charge is -2.18. The quantitative estimate of drug-likeness (QED) is 0.185. The van der Waals surface area contributed by atoms with Gasteiger partial charge in [-0.15, -0.1) is 0 Å². The molecule has 0 N–H and O–H groups in total. The second-order valence-corrected chi connectivity index (χ2v) is 12.1. The maximum absolute atomic E-state index is 10.3. The van der Waals surface area contributed by atoms with Gasteiger partial charge in [-0.3, -0.25) is 0 Å². The van der Waals surface area contributed by atoms with Crippen LogP contribution in [0.5, 0.6) is 0 Å². The van der Waals surface area contributed by atoms with Gasteiger partial charge in [0.2, 0.25) is 0 Å². The van der Waals surface area contributed by atoms with E-state index in [1.54, 1.807) is 36.4 Å².